The lowest BCUT2D eigenvalue weighted by molar-refractivity contribution is 1.17. The van der Waals surface area contributed by atoms with Crippen molar-refractivity contribution in [3.63, 3.8) is 0 Å². The van der Waals surface area contributed by atoms with E-state index in [0.29, 0.717) is 21.7 Å². The summed E-state index contributed by atoms with van der Waals surface area (Å²) in [5.74, 6) is 0.467. The number of nitrogens with zero attached hydrogens (tertiary/aromatic N) is 3. The van der Waals surface area contributed by atoms with E-state index in [4.69, 9.17) is 23.2 Å². The molecular weight excluding hydrogens is 305 g/mol. The van der Waals surface area contributed by atoms with E-state index < -0.39 is 0 Å². The Bertz CT molecular complexity index is 748. The number of hydrogen-bond acceptors (Lipinski definition) is 3. The molecule has 0 spiro atoms. The van der Waals surface area contributed by atoms with Gasteiger partial charge in [0.05, 0.1) is 5.56 Å². The van der Waals surface area contributed by atoms with Crippen LogP contribution >= 0.6 is 23.2 Å². The van der Waals surface area contributed by atoms with Crippen molar-refractivity contribution in [1.82, 2.24) is 15.0 Å². The highest BCUT2D eigenvalue weighted by molar-refractivity contribution is 6.37. The van der Waals surface area contributed by atoms with E-state index in [9.17, 15) is 0 Å². The van der Waals surface area contributed by atoms with Crippen LogP contribution in [0, 0.1) is 6.92 Å². The number of pyridine rings is 1. The zero-order valence-corrected chi connectivity index (χ0v) is 12.7. The number of aryl methyl sites for hydroxylation is 1. The van der Waals surface area contributed by atoms with Crippen molar-refractivity contribution in [3.05, 3.63) is 64.7 Å². The van der Waals surface area contributed by atoms with Crippen LogP contribution < -0.4 is 0 Å². The molecule has 104 valence electrons. The van der Waals surface area contributed by atoms with E-state index in [1.165, 1.54) is 5.56 Å². The molecule has 3 aromatic rings. The summed E-state index contributed by atoms with van der Waals surface area (Å²) in [7, 11) is 0. The Morgan fingerprint density at radius 1 is 0.857 bits per heavy atom. The second-order valence-electron chi connectivity index (χ2n) is 4.61. The molecule has 0 saturated carbocycles. The summed E-state index contributed by atoms with van der Waals surface area (Å²) in [6, 6.07) is 11.6. The largest absolute Gasteiger partial charge is 0.264 e. The third-order valence-electron chi connectivity index (χ3n) is 3.08. The van der Waals surface area contributed by atoms with Crippen molar-refractivity contribution in [1.29, 1.82) is 0 Å². The average molecular weight is 316 g/mol. The molecule has 0 atom stereocenters. The quantitative estimate of drug-likeness (QED) is 0.636. The highest BCUT2D eigenvalue weighted by Crippen LogP contribution is 2.34. The van der Waals surface area contributed by atoms with E-state index in [0.717, 1.165) is 11.1 Å². The molecule has 0 aliphatic carbocycles. The monoisotopic (exact) mass is 315 g/mol. The molecule has 0 saturated heterocycles. The number of benzene rings is 1. The van der Waals surface area contributed by atoms with Crippen LogP contribution in [0.4, 0.5) is 0 Å². The molecule has 21 heavy (non-hydrogen) atoms. The number of rotatable bonds is 2. The van der Waals surface area contributed by atoms with Gasteiger partial charge < -0.3 is 0 Å². The molecule has 0 radical (unpaired) electrons. The summed E-state index contributed by atoms with van der Waals surface area (Å²) >= 11 is 12.6. The van der Waals surface area contributed by atoms with Crippen molar-refractivity contribution >= 4 is 23.2 Å². The predicted octanol–water partition coefficient (Wildman–Crippen LogP) is 4.82. The standard InChI is InChI=1S/C16H11Cl2N3/c1-10-4-6-11(7-5-10)13-14(17)20-16(21-15(13)18)12-3-2-8-19-9-12/h2-9H,1H3. The predicted molar refractivity (Wildman–Crippen MR) is 85.5 cm³/mol. The van der Waals surface area contributed by atoms with Crippen molar-refractivity contribution < 1.29 is 0 Å². The minimum absolute atomic E-state index is 0.331. The van der Waals surface area contributed by atoms with Gasteiger partial charge in [-0.2, -0.15) is 0 Å². The van der Waals surface area contributed by atoms with Crippen molar-refractivity contribution in [2.24, 2.45) is 0 Å². The minimum atomic E-state index is 0.331. The minimum Gasteiger partial charge on any atom is -0.264 e. The van der Waals surface area contributed by atoms with Gasteiger partial charge in [-0.3, -0.25) is 4.98 Å². The van der Waals surface area contributed by atoms with E-state index in [2.05, 4.69) is 15.0 Å². The molecule has 0 N–H and O–H groups in total. The fourth-order valence-electron chi connectivity index (χ4n) is 1.99. The lowest BCUT2D eigenvalue weighted by Crippen LogP contribution is -1.95. The maximum Gasteiger partial charge on any atom is 0.164 e. The third kappa shape index (κ3) is 2.89. The van der Waals surface area contributed by atoms with Crippen LogP contribution in [-0.4, -0.2) is 15.0 Å². The van der Waals surface area contributed by atoms with Gasteiger partial charge in [-0.1, -0.05) is 53.0 Å². The van der Waals surface area contributed by atoms with Gasteiger partial charge in [0.25, 0.3) is 0 Å². The second-order valence-corrected chi connectivity index (χ2v) is 5.33. The smallest absolute Gasteiger partial charge is 0.164 e. The van der Waals surface area contributed by atoms with Gasteiger partial charge >= 0.3 is 0 Å². The van der Waals surface area contributed by atoms with Crippen LogP contribution in [0.1, 0.15) is 5.56 Å². The van der Waals surface area contributed by atoms with Gasteiger partial charge in [0.1, 0.15) is 10.3 Å². The Morgan fingerprint density at radius 3 is 2.10 bits per heavy atom. The molecule has 2 aromatic heterocycles. The summed E-state index contributed by atoms with van der Waals surface area (Å²) in [6.07, 6.45) is 3.36. The zero-order chi connectivity index (χ0) is 14.8. The number of halogens is 2. The van der Waals surface area contributed by atoms with Gasteiger partial charge in [-0.05, 0) is 24.6 Å². The van der Waals surface area contributed by atoms with E-state index in [1.54, 1.807) is 12.4 Å². The van der Waals surface area contributed by atoms with Crippen LogP contribution in [0.5, 0.6) is 0 Å². The van der Waals surface area contributed by atoms with Crippen molar-refractivity contribution in [3.8, 4) is 22.5 Å². The van der Waals surface area contributed by atoms with E-state index in [-0.39, 0.29) is 0 Å². The number of aromatic nitrogens is 3. The molecule has 3 nitrogen and oxygen atoms in total. The first-order valence-electron chi connectivity index (χ1n) is 6.35. The molecule has 0 amide bonds. The van der Waals surface area contributed by atoms with E-state index >= 15 is 0 Å². The first kappa shape index (κ1) is 14.0. The SMILES string of the molecule is Cc1ccc(-c2c(Cl)nc(-c3cccnc3)nc2Cl)cc1. The topological polar surface area (TPSA) is 38.7 Å². The lowest BCUT2D eigenvalue weighted by atomic mass is 10.1. The Kier molecular flexibility index (Phi) is 3.86. The van der Waals surface area contributed by atoms with Crippen LogP contribution in [0.3, 0.4) is 0 Å². The van der Waals surface area contributed by atoms with Crippen LogP contribution in [0.15, 0.2) is 48.8 Å². The lowest BCUT2D eigenvalue weighted by Gasteiger charge is -2.08. The second kappa shape index (κ2) is 5.80. The molecule has 2 heterocycles. The summed E-state index contributed by atoms with van der Waals surface area (Å²) in [4.78, 5) is 12.7. The highest BCUT2D eigenvalue weighted by atomic mass is 35.5. The summed E-state index contributed by atoms with van der Waals surface area (Å²) in [5, 5.41) is 0.662. The van der Waals surface area contributed by atoms with Crippen LogP contribution in [-0.2, 0) is 0 Å². The summed E-state index contributed by atoms with van der Waals surface area (Å²) in [5.41, 5.74) is 3.48. The fourth-order valence-corrected chi connectivity index (χ4v) is 2.60. The maximum atomic E-state index is 6.30. The molecule has 1 aromatic carbocycles. The summed E-state index contributed by atoms with van der Waals surface area (Å²) in [6.45, 7) is 2.02. The summed E-state index contributed by atoms with van der Waals surface area (Å²) < 4.78 is 0. The average Bonchev–Trinajstić information content (AvgIpc) is 2.49. The van der Waals surface area contributed by atoms with Crippen molar-refractivity contribution in [2.45, 2.75) is 6.92 Å². The van der Waals surface area contributed by atoms with E-state index in [1.807, 2.05) is 43.3 Å². The van der Waals surface area contributed by atoms with Crippen LogP contribution in [0.2, 0.25) is 10.3 Å². The van der Waals surface area contributed by atoms with Crippen LogP contribution in [0.25, 0.3) is 22.5 Å². The van der Waals surface area contributed by atoms with Crippen molar-refractivity contribution in [2.75, 3.05) is 0 Å². The van der Waals surface area contributed by atoms with Gasteiger partial charge in [-0.25, -0.2) is 9.97 Å². The Balaban J connectivity index is 2.11. The molecule has 0 aliphatic rings. The Labute approximate surface area is 132 Å². The molecule has 0 fully saturated rings. The molecule has 0 unspecified atom stereocenters. The van der Waals surface area contributed by atoms with Gasteiger partial charge in [0.15, 0.2) is 5.82 Å². The van der Waals surface area contributed by atoms with Gasteiger partial charge in [0.2, 0.25) is 0 Å². The maximum absolute atomic E-state index is 6.30. The molecule has 0 aliphatic heterocycles. The molecule has 3 rings (SSSR count). The van der Waals surface area contributed by atoms with Gasteiger partial charge in [-0.15, -0.1) is 0 Å². The first-order chi connectivity index (χ1) is 10.1. The molecular formula is C16H11Cl2N3. The Morgan fingerprint density at radius 2 is 1.52 bits per heavy atom. The fraction of sp³-hybridized carbons (Fsp3) is 0.0625. The first-order valence-corrected chi connectivity index (χ1v) is 7.11. The molecule has 5 heteroatoms. The Hall–Kier alpha value is -1.97. The normalized spacial score (nSPS) is 10.6. The highest BCUT2D eigenvalue weighted by Gasteiger charge is 2.14. The third-order valence-corrected chi connectivity index (χ3v) is 3.63. The molecule has 0 bridgehead atoms. The zero-order valence-electron chi connectivity index (χ0n) is 11.2. The number of hydrogen-bond donors (Lipinski definition) is 0. The van der Waals surface area contributed by atoms with Gasteiger partial charge in [0, 0.05) is 18.0 Å².